The molecule has 1 heterocycles. The highest BCUT2D eigenvalue weighted by Crippen LogP contribution is 2.08. The Balaban J connectivity index is 2.96. The predicted molar refractivity (Wildman–Crippen MR) is 50.2 cm³/mol. The van der Waals surface area contributed by atoms with Crippen molar-refractivity contribution in [3.8, 4) is 0 Å². The first kappa shape index (κ1) is 8.33. The first-order valence-electron chi connectivity index (χ1n) is 3.06. The predicted octanol–water partition coefficient (Wildman–Crippen LogP) is 2.25. The monoisotopic (exact) mass is 270 g/mol. The summed E-state index contributed by atoms with van der Waals surface area (Å²) in [7, 11) is 0. The van der Waals surface area contributed by atoms with E-state index in [2.05, 4.69) is 34.6 Å². The van der Waals surface area contributed by atoms with Crippen molar-refractivity contribution >= 4 is 34.2 Å². The zero-order valence-corrected chi connectivity index (χ0v) is 8.56. The summed E-state index contributed by atoms with van der Waals surface area (Å²) >= 11 is 7.84. The Morgan fingerprint density at radius 2 is 2.50 bits per heavy atom. The van der Waals surface area contributed by atoms with E-state index in [-0.39, 0.29) is 0 Å². The van der Waals surface area contributed by atoms with Gasteiger partial charge in [-0.05, 0) is 35.6 Å². The lowest BCUT2D eigenvalue weighted by molar-refractivity contribution is 0.632. The molecule has 10 heavy (non-hydrogen) atoms. The minimum Gasteiger partial charge on any atom is -0.268 e. The van der Waals surface area contributed by atoms with E-state index in [1.54, 1.807) is 0 Å². The molecule has 0 radical (unpaired) electrons. The van der Waals surface area contributed by atoms with Crippen molar-refractivity contribution in [2.45, 2.75) is 19.3 Å². The quantitative estimate of drug-likeness (QED) is 0.595. The number of aryl methyl sites for hydroxylation is 1. The summed E-state index contributed by atoms with van der Waals surface area (Å²) in [5.41, 5.74) is 1.09. The molecule has 0 aliphatic heterocycles. The molecule has 0 aromatic carbocycles. The third-order valence-electron chi connectivity index (χ3n) is 1.27. The van der Waals surface area contributed by atoms with Crippen molar-refractivity contribution in [2.75, 3.05) is 0 Å². The molecule has 0 N–H and O–H groups in total. The Labute approximate surface area is 78.7 Å². The molecule has 56 valence electrons. The van der Waals surface area contributed by atoms with Crippen LogP contribution in [0.1, 0.15) is 12.6 Å². The van der Waals surface area contributed by atoms with E-state index < -0.39 is 0 Å². The Hall–Kier alpha value is 0.230. The highest BCUT2D eigenvalue weighted by molar-refractivity contribution is 14.1. The van der Waals surface area contributed by atoms with Crippen LogP contribution in [0.15, 0.2) is 6.07 Å². The van der Waals surface area contributed by atoms with E-state index in [4.69, 9.17) is 11.6 Å². The first-order chi connectivity index (χ1) is 4.77. The zero-order chi connectivity index (χ0) is 7.56. The summed E-state index contributed by atoms with van der Waals surface area (Å²) < 4.78 is 2.92. The van der Waals surface area contributed by atoms with Crippen LogP contribution in [0.4, 0.5) is 0 Å². The molecule has 0 aliphatic rings. The van der Waals surface area contributed by atoms with E-state index in [0.29, 0.717) is 5.88 Å². The molecule has 1 rings (SSSR count). The molecular formula is C6H8ClIN2. The topological polar surface area (TPSA) is 17.8 Å². The van der Waals surface area contributed by atoms with Crippen molar-refractivity contribution < 1.29 is 0 Å². The van der Waals surface area contributed by atoms with E-state index in [0.717, 1.165) is 15.9 Å². The minimum absolute atomic E-state index is 0.545. The summed E-state index contributed by atoms with van der Waals surface area (Å²) in [5, 5.41) is 4.22. The van der Waals surface area contributed by atoms with Crippen LogP contribution in [0.3, 0.4) is 0 Å². The lowest BCUT2D eigenvalue weighted by atomic mass is 10.5. The molecule has 0 saturated carbocycles. The van der Waals surface area contributed by atoms with E-state index in [1.165, 1.54) is 0 Å². The second-order valence-corrected chi connectivity index (χ2v) is 3.28. The van der Waals surface area contributed by atoms with Gasteiger partial charge in [0.1, 0.15) is 3.70 Å². The summed E-state index contributed by atoms with van der Waals surface area (Å²) in [4.78, 5) is 0. The number of hydrogen-bond donors (Lipinski definition) is 0. The van der Waals surface area contributed by atoms with Gasteiger partial charge in [0.05, 0.1) is 11.6 Å². The van der Waals surface area contributed by atoms with Gasteiger partial charge in [-0.15, -0.1) is 11.6 Å². The average molecular weight is 271 g/mol. The summed E-state index contributed by atoms with van der Waals surface area (Å²) in [5.74, 6) is 0.545. The van der Waals surface area contributed by atoms with Crippen molar-refractivity contribution in [2.24, 2.45) is 0 Å². The van der Waals surface area contributed by atoms with Crippen LogP contribution in [-0.4, -0.2) is 9.78 Å². The van der Waals surface area contributed by atoms with Gasteiger partial charge in [0.25, 0.3) is 0 Å². The van der Waals surface area contributed by atoms with E-state index in [1.807, 2.05) is 10.7 Å². The van der Waals surface area contributed by atoms with E-state index in [9.17, 15) is 0 Å². The van der Waals surface area contributed by atoms with Crippen LogP contribution in [-0.2, 0) is 12.4 Å². The molecule has 1 aromatic heterocycles. The lowest BCUT2D eigenvalue weighted by Gasteiger charge is -1.97. The molecule has 4 heteroatoms. The molecule has 0 unspecified atom stereocenters. The molecule has 0 bridgehead atoms. The van der Waals surface area contributed by atoms with Gasteiger partial charge in [-0.1, -0.05) is 0 Å². The fraction of sp³-hybridized carbons (Fsp3) is 0.500. The number of hydrogen-bond acceptors (Lipinski definition) is 1. The first-order valence-corrected chi connectivity index (χ1v) is 4.67. The molecule has 0 aliphatic carbocycles. The van der Waals surface area contributed by atoms with Crippen molar-refractivity contribution in [1.82, 2.24) is 9.78 Å². The van der Waals surface area contributed by atoms with Crippen molar-refractivity contribution in [3.63, 3.8) is 0 Å². The standard InChI is InChI=1S/C6H8ClIN2/c1-2-10-5(4-7)3-6(8)9-10/h3H,2,4H2,1H3. The molecular weight excluding hydrogens is 262 g/mol. The number of aromatic nitrogens is 2. The molecule has 1 aromatic rings. The summed E-state index contributed by atoms with van der Waals surface area (Å²) in [6, 6.07) is 2.00. The largest absolute Gasteiger partial charge is 0.268 e. The van der Waals surface area contributed by atoms with Gasteiger partial charge in [0, 0.05) is 6.54 Å². The van der Waals surface area contributed by atoms with Crippen LogP contribution in [0.2, 0.25) is 0 Å². The van der Waals surface area contributed by atoms with Crippen molar-refractivity contribution in [3.05, 3.63) is 15.5 Å². The Morgan fingerprint density at radius 3 is 2.90 bits per heavy atom. The van der Waals surface area contributed by atoms with Crippen LogP contribution < -0.4 is 0 Å². The highest BCUT2D eigenvalue weighted by Gasteiger charge is 2.01. The zero-order valence-electron chi connectivity index (χ0n) is 5.64. The smallest absolute Gasteiger partial charge is 0.123 e. The average Bonchev–Trinajstić information content (AvgIpc) is 2.30. The highest BCUT2D eigenvalue weighted by atomic mass is 127. The lowest BCUT2D eigenvalue weighted by Crippen LogP contribution is -2.00. The number of rotatable bonds is 2. The Morgan fingerprint density at radius 1 is 1.80 bits per heavy atom. The van der Waals surface area contributed by atoms with Crippen LogP contribution in [0.5, 0.6) is 0 Å². The molecule has 0 atom stereocenters. The molecule has 0 spiro atoms. The van der Waals surface area contributed by atoms with Gasteiger partial charge in [0.2, 0.25) is 0 Å². The number of nitrogens with zero attached hydrogens (tertiary/aromatic N) is 2. The fourth-order valence-corrected chi connectivity index (χ4v) is 1.64. The van der Waals surface area contributed by atoms with Gasteiger partial charge in [-0.2, -0.15) is 5.10 Å². The third kappa shape index (κ3) is 1.63. The minimum atomic E-state index is 0.545. The Bertz CT molecular complexity index is 200. The van der Waals surface area contributed by atoms with Gasteiger partial charge in [0.15, 0.2) is 0 Å². The second kappa shape index (κ2) is 3.57. The molecule has 0 fully saturated rings. The summed E-state index contributed by atoms with van der Waals surface area (Å²) in [6.07, 6.45) is 0. The van der Waals surface area contributed by atoms with Crippen molar-refractivity contribution in [1.29, 1.82) is 0 Å². The maximum atomic E-state index is 5.66. The Kier molecular flexibility index (Phi) is 2.97. The van der Waals surface area contributed by atoms with Crippen LogP contribution in [0.25, 0.3) is 0 Å². The maximum Gasteiger partial charge on any atom is 0.123 e. The molecule has 2 nitrogen and oxygen atoms in total. The normalized spacial score (nSPS) is 10.3. The van der Waals surface area contributed by atoms with Gasteiger partial charge in [-0.25, -0.2) is 0 Å². The van der Waals surface area contributed by atoms with E-state index >= 15 is 0 Å². The maximum absolute atomic E-state index is 5.66. The van der Waals surface area contributed by atoms with Gasteiger partial charge in [-0.3, -0.25) is 4.68 Å². The third-order valence-corrected chi connectivity index (χ3v) is 2.07. The SMILES string of the molecule is CCn1nc(I)cc1CCl. The van der Waals surface area contributed by atoms with Gasteiger partial charge < -0.3 is 0 Å². The van der Waals surface area contributed by atoms with Gasteiger partial charge >= 0.3 is 0 Å². The molecule has 0 saturated heterocycles. The fourth-order valence-electron chi connectivity index (χ4n) is 0.802. The summed E-state index contributed by atoms with van der Waals surface area (Å²) in [6.45, 7) is 2.95. The second-order valence-electron chi connectivity index (χ2n) is 1.91. The molecule has 0 amide bonds. The van der Waals surface area contributed by atoms with Crippen LogP contribution in [0, 0.1) is 3.70 Å². The van der Waals surface area contributed by atoms with Crippen LogP contribution >= 0.6 is 34.2 Å². The number of alkyl halides is 1. The number of halogens is 2.